The Morgan fingerprint density at radius 1 is 1.00 bits per heavy atom. The number of nitrogens with zero attached hydrogens (tertiary/aromatic N) is 1. The molecule has 5 nitrogen and oxygen atoms in total. The number of piperidine rings is 1. The van der Waals surface area contributed by atoms with Gasteiger partial charge in [0.05, 0.1) is 5.92 Å². The van der Waals surface area contributed by atoms with Crippen molar-refractivity contribution in [1.29, 1.82) is 0 Å². The van der Waals surface area contributed by atoms with Crippen LogP contribution in [0.4, 0.5) is 4.79 Å². The van der Waals surface area contributed by atoms with Gasteiger partial charge in [0, 0.05) is 24.7 Å². The molecule has 2 N–H and O–H groups in total. The van der Waals surface area contributed by atoms with Crippen molar-refractivity contribution in [3.63, 3.8) is 0 Å². The van der Waals surface area contributed by atoms with Crippen LogP contribution in [0, 0.1) is 5.92 Å². The first-order chi connectivity index (χ1) is 10.3. The fraction of sp³-hybridized carbons (Fsp3) is 0.882. The van der Waals surface area contributed by atoms with Crippen molar-refractivity contribution >= 4 is 11.9 Å². The molecule has 1 saturated carbocycles. The Bertz CT molecular complexity index is 397. The molecule has 2 aliphatic rings. The van der Waals surface area contributed by atoms with Gasteiger partial charge >= 0.3 is 6.03 Å². The van der Waals surface area contributed by atoms with Crippen molar-refractivity contribution < 1.29 is 9.59 Å². The van der Waals surface area contributed by atoms with Gasteiger partial charge in [-0.1, -0.05) is 19.3 Å². The van der Waals surface area contributed by atoms with Gasteiger partial charge in [0.15, 0.2) is 0 Å². The summed E-state index contributed by atoms with van der Waals surface area (Å²) in [6, 6.07) is 0.338. The molecule has 2 rings (SSSR count). The smallest absolute Gasteiger partial charge is 0.317 e. The number of nitrogens with one attached hydrogen (secondary N) is 2. The molecule has 0 bridgehead atoms. The summed E-state index contributed by atoms with van der Waals surface area (Å²) in [5, 5.41) is 6.18. The first-order valence-corrected chi connectivity index (χ1v) is 8.72. The van der Waals surface area contributed by atoms with Crippen LogP contribution < -0.4 is 10.6 Å². The van der Waals surface area contributed by atoms with Crippen molar-refractivity contribution in [2.24, 2.45) is 5.92 Å². The topological polar surface area (TPSA) is 61.4 Å². The Hall–Kier alpha value is -1.26. The molecule has 0 aromatic heterocycles. The summed E-state index contributed by atoms with van der Waals surface area (Å²) in [6.45, 7) is 7.27. The Labute approximate surface area is 134 Å². The molecule has 22 heavy (non-hydrogen) atoms. The van der Waals surface area contributed by atoms with E-state index in [9.17, 15) is 9.59 Å². The predicted octanol–water partition coefficient (Wildman–Crippen LogP) is 2.66. The first-order valence-electron chi connectivity index (χ1n) is 8.72. The van der Waals surface area contributed by atoms with Gasteiger partial charge in [-0.05, 0) is 46.5 Å². The Kier molecular flexibility index (Phi) is 5.70. The summed E-state index contributed by atoms with van der Waals surface area (Å²) < 4.78 is 0. The summed E-state index contributed by atoms with van der Waals surface area (Å²) in [6.07, 6.45) is 7.66. The highest BCUT2D eigenvalue weighted by molar-refractivity contribution is 5.81. The SMILES string of the molecule is CC(C)(C)NC(=O)[C@@H]1CCCN(C(=O)NC2CCCCC2)C1. The van der Waals surface area contributed by atoms with E-state index in [2.05, 4.69) is 10.6 Å². The minimum Gasteiger partial charge on any atom is -0.351 e. The second-order valence-electron chi connectivity index (χ2n) is 7.81. The largest absolute Gasteiger partial charge is 0.351 e. The third-order valence-corrected chi connectivity index (χ3v) is 4.51. The lowest BCUT2D eigenvalue weighted by Gasteiger charge is -2.35. The lowest BCUT2D eigenvalue weighted by molar-refractivity contribution is -0.127. The van der Waals surface area contributed by atoms with Crippen LogP contribution in [0.3, 0.4) is 0 Å². The van der Waals surface area contributed by atoms with Crippen LogP contribution in [-0.4, -0.2) is 41.5 Å². The van der Waals surface area contributed by atoms with E-state index in [0.29, 0.717) is 12.6 Å². The van der Waals surface area contributed by atoms with Gasteiger partial charge in [-0.15, -0.1) is 0 Å². The fourth-order valence-corrected chi connectivity index (χ4v) is 3.36. The van der Waals surface area contributed by atoms with E-state index in [4.69, 9.17) is 0 Å². The molecular weight excluding hydrogens is 278 g/mol. The molecule has 1 aliphatic carbocycles. The normalized spacial score (nSPS) is 24.0. The standard InChI is InChI=1S/C17H31N3O2/c1-17(2,3)19-15(21)13-8-7-11-20(12-13)16(22)18-14-9-5-4-6-10-14/h13-14H,4-12H2,1-3H3,(H,18,22)(H,19,21)/t13-/m1/s1. The minimum absolute atomic E-state index is 0.0140. The first kappa shape index (κ1) is 17.1. The van der Waals surface area contributed by atoms with Crippen LogP contribution in [0.15, 0.2) is 0 Å². The highest BCUT2D eigenvalue weighted by Gasteiger charge is 2.30. The number of hydrogen-bond acceptors (Lipinski definition) is 2. The third kappa shape index (κ3) is 5.18. The van der Waals surface area contributed by atoms with E-state index in [0.717, 1.165) is 32.2 Å². The predicted molar refractivity (Wildman–Crippen MR) is 87.6 cm³/mol. The molecule has 126 valence electrons. The molecule has 1 heterocycles. The summed E-state index contributed by atoms with van der Waals surface area (Å²) in [7, 11) is 0. The van der Waals surface area contributed by atoms with Gasteiger partial charge in [0.2, 0.25) is 5.91 Å². The molecule has 0 unspecified atom stereocenters. The molecule has 0 radical (unpaired) electrons. The molecule has 1 aliphatic heterocycles. The van der Waals surface area contributed by atoms with E-state index in [1.807, 2.05) is 25.7 Å². The van der Waals surface area contributed by atoms with Gasteiger partial charge in [0.25, 0.3) is 0 Å². The highest BCUT2D eigenvalue weighted by Crippen LogP contribution is 2.20. The quantitative estimate of drug-likeness (QED) is 0.824. The van der Waals surface area contributed by atoms with Crippen LogP contribution in [0.2, 0.25) is 0 Å². The van der Waals surface area contributed by atoms with Gasteiger partial charge in [-0.25, -0.2) is 4.79 Å². The average molecular weight is 309 g/mol. The number of likely N-dealkylation sites (tertiary alicyclic amines) is 1. The Morgan fingerprint density at radius 2 is 1.68 bits per heavy atom. The van der Waals surface area contributed by atoms with E-state index >= 15 is 0 Å². The van der Waals surface area contributed by atoms with Gasteiger partial charge in [-0.3, -0.25) is 4.79 Å². The molecular formula is C17H31N3O2. The zero-order valence-corrected chi connectivity index (χ0v) is 14.3. The maximum atomic E-state index is 12.4. The molecule has 1 saturated heterocycles. The molecule has 2 fully saturated rings. The number of rotatable bonds is 2. The molecule has 0 aromatic carbocycles. The second kappa shape index (κ2) is 7.34. The summed E-state index contributed by atoms with van der Waals surface area (Å²) in [5.41, 5.74) is -0.219. The van der Waals surface area contributed by atoms with E-state index in [-0.39, 0.29) is 23.4 Å². The number of carbonyl (C=O) groups is 2. The summed E-state index contributed by atoms with van der Waals surface area (Å²) >= 11 is 0. The fourth-order valence-electron chi connectivity index (χ4n) is 3.36. The molecule has 1 atom stereocenters. The molecule has 0 spiro atoms. The number of urea groups is 1. The average Bonchev–Trinajstić information content (AvgIpc) is 2.46. The molecule has 0 aromatic rings. The summed E-state index contributed by atoms with van der Waals surface area (Å²) in [5.74, 6) is -0.00672. The van der Waals surface area contributed by atoms with Crippen LogP contribution in [0.5, 0.6) is 0 Å². The van der Waals surface area contributed by atoms with Crippen molar-refractivity contribution in [3.8, 4) is 0 Å². The van der Waals surface area contributed by atoms with Crippen LogP contribution >= 0.6 is 0 Å². The van der Waals surface area contributed by atoms with Crippen molar-refractivity contribution in [3.05, 3.63) is 0 Å². The van der Waals surface area contributed by atoms with Crippen molar-refractivity contribution in [2.75, 3.05) is 13.1 Å². The van der Waals surface area contributed by atoms with Gasteiger partial charge in [0.1, 0.15) is 0 Å². The number of carbonyl (C=O) groups excluding carboxylic acids is 2. The van der Waals surface area contributed by atoms with E-state index in [1.54, 1.807) is 0 Å². The zero-order chi connectivity index (χ0) is 16.2. The number of hydrogen-bond donors (Lipinski definition) is 2. The van der Waals surface area contributed by atoms with Crippen molar-refractivity contribution in [1.82, 2.24) is 15.5 Å². The highest BCUT2D eigenvalue weighted by atomic mass is 16.2. The van der Waals surface area contributed by atoms with Crippen LogP contribution in [0.1, 0.15) is 65.7 Å². The Balaban J connectivity index is 1.84. The zero-order valence-electron chi connectivity index (χ0n) is 14.3. The summed E-state index contributed by atoms with van der Waals surface area (Å²) in [4.78, 5) is 26.5. The maximum Gasteiger partial charge on any atom is 0.317 e. The minimum atomic E-state index is -0.219. The van der Waals surface area contributed by atoms with Crippen LogP contribution in [0.25, 0.3) is 0 Å². The van der Waals surface area contributed by atoms with E-state index < -0.39 is 0 Å². The van der Waals surface area contributed by atoms with Gasteiger partial charge in [-0.2, -0.15) is 0 Å². The number of amides is 3. The monoisotopic (exact) mass is 309 g/mol. The second-order valence-corrected chi connectivity index (χ2v) is 7.81. The van der Waals surface area contributed by atoms with E-state index in [1.165, 1.54) is 19.3 Å². The Morgan fingerprint density at radius 3 is 2.32 bits per heavy atom. The van der Waals surface area contributed by atoms with Gasteiger partial charge < -0.3 is 15.5 Å². The maximum absolute atomic E-state index is 12.4. The lowest BCUT2D eigenvalue weighted by atomic mass is 9.95. The third-order valence-electron chi connectivity index (χ3n) is 4.51. The van der Waals surface area contributed by atoms with Crippen molar-refractivity contribution in [2.45, 2.75) is 77.3 Å². The van der Waals surface area contributed by atoms with Crippen LogP contribution in [-0.2, 0) is 4.79 Å². The lowest BCUT2D eigenvalue weighted by Crippen LogP contribution is -2.53. The molecule has 5 heteroatoms. The molecule has 3 amide bonds.